The van der Waals surface area contributed by atoms with Crippen LogP contribution < -0.4 is 5.48 Å². The average Bonchev–Trinajstić information content (AvgIpc) is 2.19. The summed E-state index contributed by atoms with van der Waals surface area (Å²) >= 11 is 0. The molecule has 5 heteroatoms. The van der Waals surface area contributed by atoms with Crippen molar-refractivity contribution in [3.63, 3.8) is 0 Å². The van der Waals surface area contributed by atoms with Gasteiger partial charge in [-0.25, -0.2) is 4.79 Å². The predicted octanol–water partition coefficient (Wildman–Crippen LogP) is 0.821. The molecule has 2 N–H and O–H groups in total. The number of hydrogen-bond donors (Lipinski definition) is 2. The topological polar surface area (TPSA) is 71.5 Å². The predicted molar refractivity (Wildman–Crippen MR) is 49.7 cm³/mol. The second-order valence-electron chi connectivity index (χ2n) is 2.60. The zero-order valence-electron chi connectivity index (χ0n) is 7.86. The van der Waals surface area contributed by atoms with Gasteiger partial charge in [-0.2, -0.15) is 5.48 Å². The lowest BCUT2D eigenvalue weighted by Gasteiger charge is -2.02. The first-order valence-corrected chi connectivity index (χ1v) is 4.27. The Balaban J connectivity index is 2.51. The maximum atomic E-state index is 10.5. The van der Waals surface area contributed by atoms with Crippen LogP contribution in [-0.4, -0.2) is 22.7 Å². The first kappa shape index (κ1) is 10.6. The summed E-state index contributed by atoms with van der Waals surface area (Å²) in [6, 6.07) is 3.16. The van der Waals surface area contributed by atoms with Crippen molar-refractivity contribution in [2.45, 2.75) is 13.5 Å². The van der Waals surface area contributed by atoms with Gasteiger partial charge in [0.05, 0.1) is 24.4 Å². The van der Waals surface area contributed by atoms with Gasteiger partial charge in [-0.3, -0.25) is 4.98 Å². The van der Waals surface area contributed by atoms with Crippen LogP contribution in [0.3, 0.4) is 0 Å². The molecule has 1 aromatic heterocycles. The highest BCUT2D eigenvalue weighted by Gasteiger charge is 2.02. The van der Waals surface area contributed by atoms with Gasteiger partial charge in [0.25, 0.3) is 0 Å². The standard InChI is InChI=1S/C9H12N2O3/c1-2-14-11-6-8-4-3-7(5-10-8)9(12)13/h3-5,11H,2,6H2,1H3,(H,12,13). The molecule has 0 aromatic carbocycles. The fraction of sp³-hybridized carbons (Fsp3) is 0.333. The number of carboxylic acid groups (broad SMARTS) is 1. The van der Waals surface area contributed by atoms with Crippen LogP contribution in [-0.2, 0) is 11.4 Å². The van der Waals surface area contributed by atoms with Gasteiger partial charge in [0.2, 0.25) is 0 Å². The Morgan fingerprint density at radius 3 is 2.93 bits per heavy atom. The van der Waals surface area contributed by atoms with Crippen LogP contribution in [0, 0.1) is 0 Å². The van der Waals surface area contributed by atoms with Crippen molar-refractivity contribution in [3.8, 4) is 0 Å². The minimum atomic E-state index is -0.971. The van der Waals surface area contributed by atoms with Crippen molar-refractivity contribution in [1.29, 1.82) is 0 Å². The number of aromatic nitrogens is 1. The summed E-state index contributed by atoms with van der Waals surface area (Å²) in [7, 11) is 0. The van der Waals surface area contributed by atoms with Crippen molar-refractivity contribution >= 4 is 5.97 Å². The molecule has 76 valence electrons. The molecule has 1 heterocycles. The zero-order valence-corrected chi connectivity index (χ0v) is 7.86. The van der Waals surface area contributed by atoms with Crippen molar-refractivity contribution in [1.82, 2.24) is 10.5 Å². The number of rotatable bonds is 5. The molecule has 0 radical (unpaired) electrons. The minimum absolute atomic E-state index is 0.185. The molecule has 1 rings (SSSR count). The first-order valence-electron chi connectivity index (χ1n) is 4.27. The van der Waals surface area contributed by atoms with Crippen LogP contribution in [0.25, 0.3) is 0 Å². The lowest BCUT2D eigenvalue weighted by molar-refractivity contribution is 0.0456. The molecule has 0 atom stereocenters. The van der Waals surface area contributed by atoms with Crippen LogP contribution in [0.2, 0.25) is 0 Å². The van der Waals surface area contributed by atoms with Gasteiger partial charge in [-0.15, -0.1) is 0 Å². The van der Waals surface area contributed by atoms with Crippen molar-refractivity contribution in [3.05, 3.63) is 29.6 Å². The second kappa shape index (κ2) is 5.31. The summed E-state index contributed by atoms with van der Waals surface area (Å²) in [6.07, 6.45) is 1.32. The Hall–Kier alpha value is -1.46. The second-order valence-corrected chi connectivity index (χ2v) is 2.60. The summed E-state index contributed by atoms with van der Waals surface area (Å²) in [6.45, 7) is 2.91. The summed E-state index contributed by atoms with van der Waals surface area (Å²) in [5.41, 5.74) is 3.61. The Labute approximate surface area is 81.7 Å². The van der Waals surface area contributed by atoms with E-state index in [0.29, 0.717) is 13.2 Å². The van der Waals surface area contributed by atoms with E-state index in [1.54, 1.807) is 6.07 Å². The molecule has 0 spiro atoms. The SMILES string of the molecule is CCONCc1ccc(C(=O)O)cn1. The van der Waals surface area contributed by atoms with E-state index in [1.165, 1.54) is 12.3 Å². The largest absolute Gasteiger partial charge is 0.478 e. The van der Waals surface area contributed by atoms with E-state index in [0.717, 1.165) is 5.69 Å². The lowest BCUT2D eigenvalue weighted by atomic mass is 10.2. The molecule has 14 heavy (non-hydrogen) atoms. The maximum Gasteiger partial charge on any atom is 0.337 e. The maximum absolute atomic E-state index is 10.5. The number of hydrogen-bond acceptors (Lipinski definition) is 4. The number of nitrogens with one attached hydrogen (secondary N) is 1. The highest BCUT2D eigenvalue weighted by Crippen LogP contribution is 1.99. The van der Waals surface area contributed by atoms with E-state index < -0.39 is 5.97 Å². The molecule has 0 saturated carbocycles. The van der Waals surface area contributed by atoms with Gasteiger partial charge in [-0.1, -0.05) is 0 Å². The number of pyridine rings is 1. The first-order chi connectivity index (χ1) is 6.74. The Bertz CT molecular complexity index is 297. The van der Waals surface area contributed by atoms with Crippen LogP contribution in [0.4, 0.5) is 0 Å². The monoisotopic (exact) mass is 196 g/mol. The van der Waals surface area contributed by atoms with E-state index in [9.17, 15) is 4.79 Å². The molecule has 0 aliphatic carbocycles. The third-order valence-corrected chi connectivity index (χ3v) is 1.57. The third kappa shape index (κ3) is 3.12. The van der Waals surface area contributed by atoms with E-state index in [1.807, 2.05) is 6.92 Å². The van der Waals surface area contributed by atoms with Crippen molar-refractivity contribution in [2.24, 2.45) is 0 Å². The molecule has 0 amide bonds. The summed E-state index contributed by atoms with van der Waals surface area (Å²) in [4.78, 5) is 19.3. The molecular weight excluding hydrogens is 184 g/mol. The number of carboxylic acids is 1. The molecule has 0 unspecified atom stereocenters. The number of aromatic carboxylic acids is 1. The van der Waals surface area contributed by atoms with Gasteiger partial charge in [0.15, 0.2) is 0 Å². The van der Waals surface area contributed by atoms with E-state index in [4.69, 9.17) is 9.94 Å². The quantitative estimate of drug-likeness (QED) is 0.539. The molecule has 0 saturated heterocycles. The summed E-state index contributed by atoms with van der Waals surface area (Å²) in [5.74, 6) is -0.971. The number of nitrogens with zero attached hydrogens (tertiary/aromatic N) is 1. The number of carbonyl (C=O) groups is 1. The molecule has 0 aliphatic rings. The molecule has 5 nitrogen and oxygen atoms in total. The van der Waals surface area contributed by atoms with E-state index in [-0.39, 0.29) is 5.56 Å². The molecular formula is C9H12N2O3. The normalized spacial score (nSPS) is 10.1. The smallest absolute Gasteiger partial charge is 0.337 e. The molecule has 0 fully saturated rings. The fourth-order valence-electron chi connectivity index (χ4n) is 0.883. The van der Waals surface area contributed by atoms with Gasteiger partial charge >= 0.3 is 5.97 Å². The van der Waals surface area contributed by atoms with Gasteiger partial charge in [-0.05, 0) is 19.1 Å². The van der Waals surface area contributed by atoms with Gasteiger partial charge < -0.3 is 9.94 Å². The Kier molecular flexibility index (Phi) is 4.03. The summed E-state index contributed by atoms with van der Waals surface area (Å²) in [5, 5.41) is 8.61. The fourth-order valence-corrected chi connectivity index (χ4v) is 0.883. The summed E-state index contributed by atoms with van der Waals surface area (Å²) < 4.78 is 0. The van der Waals surface area contributed by atoms with Crippen LogP contribution in [0.15, 0.2) is 18.3 Å². The number of hydroxylamine groups is 1. The van der Waals surface area contributed by atoms with Crippen LogP contribution >= 0.6 is 0 Å². The van der Waals surface area contributed by atoms with Crippen LogP contribution in [0.1, 0.15) is 23.0 Å². The highest BCUT2D eigenvalue weighted by atomic mass is 16.6. The Morgan fingerprint density at radius 1 is 1.64 bits per heavy atom. The Morgan fingerprint density at radius 2 is 2.43 bits per heavy atom. The van der Waals surface area contributed by atoms with Crippen molar-refractivity contribution < 1.29 is 14.7 Å². The molecule has 0 bridgehead atoms. The molecule has 0 aliphatic heterocycles. The molecule has 1 aromatic rings. The highest BCUT2D eigenvalue weighted by molar-refractivity contribution is 5.87. The lowest BCUT2D eigenvalue weighted by Crippen LogP contribution is -2.14. The average molecular weight is 196 g/mol. The van der Waals surface area contributed by atoms with E-state index >= 15 is 0 Å². The van der Waals surface area contributed by atoms with Gasteiger partial charge in [0, 0.05) is 6.20 Å². The van der Waals surface area contributed by atoms with Crippen molar-refractivity contribution in [2.75, 3.05) is 6.61 Å². The zero-order chi connectivity index (χ0) is 10.4. The van der Waals surface area contributed by atoms with Crippen LogP contribution in [0.5, 0.6) is 0 Å². The third-order valence-electron chi connectivity index (χ3n) is 1.57. The minimum Gasteiger partial charge on any atom is -0.478 e. The van der Waals surface area contributed by atoms with E-state index in [2.05, 4.69) is 10.5 Å². The van der Waals surface area contributed by atoms with Gasteiger partial charge in [0.1, 0.15) is 0 Å².